The number of aromatic nitrogens is 3. The Kier molecular flexibility index (Phi) is 3.38. The summed E-state index contributed by atoms with van der Waals surface area (Å²) in [5.74, 6) is 0. The number of nitrogens with zero attached hydrogens (tertiary/aromatic N) is 3. The van der Waals surface area contributed by atoms with Crippen molar-refractivity contribution in [3.8, 4) is 0 Å². The van der Waals surface area contributed by atoms with Gasteiger partial charge in [-0.05, 0) is 38.7 Å². The van der Waals surface area contributed by atoms with Gasteiger partial charge in [-0.15, -0.1) is 5.10 Å². The summed E-state index contributed by atoms with van der Waals surface area (Å²) < 4.78 is 13.9. The van der Waals surface area contributed by atoms with Gasteiger partial charge in [-0.25, -0.2) is 4.68 Å². The first-order chi connectivity index (χ1) is 9.87. The van der Waals surface area contributed by atoms with Crippen LogP contribution >= 0.6 is 0 Å². The van der Waals surface area contributed by atoms with Crippen molar-refractivity contribution in [2.75, 3.05) is 0 Å². The van der Waals surface area contributed by atoms with E-state index in [1.807, 2.05) is 6.20 Å². The smallest absolute Gasteiger partial charge is 0.399 e. The van der Waals surface area contributed by atoms with E-state index in [4.69, 9.17) is 9.31 Å². The SMILES string of the molecule is CC1(C)OB(c2ccc(Cn3ccnn3)cc2)OC1(C)C. The van der Waals surface area contributed by atoms with Crippen molar-refractivity contribution in [3.63, 3.8) is 0 Å². The van der Waals surface area contributed by atoms with E-state index in [-0.39, 0.29) is 18.3 Å². The Morgan fingerprint density at radius 1 is 1.05 bits per heavy atom. The van der Waals surface area contributed by atoms with Crippen molar-refractivity contribution in [1.82, 2.24) is 15.0 Å². The second kappa shape index (κ2) is 4.96. The van der Waals surface area contributed by atoms with Crippen LogP contribution in [-0.2, 0) is 15.9 Å². The number of benzene rings is 1. The van der Waals surface area contributed by atoms with Gasteiger partial charge >= 0.3 is 7.12 Å². The van der Waals surface area contributed by atoms with Crippen molar-refractivity contribution in [2.24, 2.45) is 0 Å². The molecule has 1 fully saturated rings. The maximum atomic E-state index is 6.05. The molecular weight excluding hydrogens is 265 g/mol. The second-order valence-corrected chi connectivity index (χ2v) is 6.43. The topological polar surface area (TPSA) is 49.2 Å². The molecule has 0 radical (unpaired) electrons. The highest BCUT2D eigenvalue weighted by atomic mass is 16.7. The van der Waals surface area contributed by atoms with Crippen molar-refractivity contribution >= 4 is 12.6 Å². The van der Waals surface area contributed by atoms with Gasteiger partial charge in [0.15, 0.2) is 0 Å². The standard InChI is InChI=1S/C15H20BN3O2/c1-14(2)15(3,4)21-16(20-14)13-7-5-12(6-8-13)11-19-10-9-17-18-19/h5-10H,11H2,1-4H3. The van der Waals surface area contributed by atoms with Crippen LogP contribution in [0.5, 0.6) is 0 Å². The number of rotatable bonds is 3. The third-order valence-corrected chi connectivity index (χ3v) is 4.32. The minimum atomic E-state index is -0.310. The van der Waals surface area contributed by atoms with Crippen molar-refractivity contribution in [1.29, 1.82) is 0 Å². The quantitative estimate of drug-likeness (QED) is 0.804. The molecule has 2 heterocycles. The Labute approximate surface area is 125 Å². The van der Waals surface area contributed by atoms with Gasteiger partial charge in [0.2, 0.25) is 0 Å². The molecular formula is C15H20BN3O2. The average Bonchev–Trinajstić information content (AvgIpc) is 2.97. The first kappa shape index (κ1) is 14.3. The van der Waals surface area contributed by atoms with Gasteiger partial charge in [0.25, 0.3) is 0 Å². The molecule has 0 bridgehead atoms. The van der Waals surface area contributed by atoms with Gasteiger partial charge < -0.3 is 9.31 Å². The Hall–Kier alpha value is -1.66. The summed E-state index contributed by atoms with van der Waals surface area (Å²) in [7, 11) is -0.310. The summed E-state index contributed by atoms with van der Waals surface area (Å²) in [5.41, 5.74) is 1.59. The maximum absolute atomic E-state index is 6.05. The summed E-state index contributed by atoms with van der Waals surface area (Å²) >= 11 is 0. The van der Waals surface area contributed by atoms with Crippen LogP contribution in [0, 0.1) is 0 Å². The van der Waals surface area contributed by atoms with E-state index >= 15 is 0 Å². The summed E-state index contributed by atoms with van der Waals surface area (Å²) in [6, 6.07) is 8.24. The van der Waals surface area contributed by atoms with Gasteiger partial charge in [0.1, 0.15) is 0 Å². The first-order valence-corrected chi connectivity index (χ1v) is 7.16. The molecule has 0 aliphatic carbocycles. The summed E-state index contributed by atoms with van der Waals surface area (Å²) in [6.45, 7) is 8.96. The Morgan fingerprint density at radius 2 is 1.67 bits per heavy atom. The zero-order valence-corrected chi connectivity index (χ0v) is 12.9. The fourth-order valence-corrected chi connectivity index (χ4v) is 2.26. The van der Waals surface area contributed by atoms with Crippen LogP contribution in [0.2, 0.25) is 0 Å². The van der Waals surface area contributed by atoms with Crippen molar-refractivity contribution < 1.29 is 9.31 Å². The molecule has 0 amide bonds. The Bertz CT molecular complexity index is 592. The van der Waals surface area contributed by atoms with Crippen LogP contribution in [0.3, 0.4) is 0 Å². The molecule has 1 saturated heterocycles. The molecule has 6 heteroatoms. The molecule has 0 saturated carbocycles. The highest BCUT2D eigenvalue weighted by Gasteiger charge is 2.51. The molecule has 0 atom stereocenters. The zero-order valence-electron chi connectivity index (χ0n) is 12.9. The Balaban J connectivity index is 1.73. The van der Waals surface area contributed by atoms with E-state index in [0.29, 0.717) is 6.54 Å². The minimum Gasteiger partial charge on any atom is -0.399 e. The van der Waals surface area contributed by atoms with E-state index in [1.165, 1.54) is 5.56 Å². The molecule has 110 valence electrons. The molecule has 0 spiro atoms. The third kappa shape index (κ3) is 2.73. The molecule has 2 aromatic rings. The van der Waals surface area contributed by atoms with Gasteiger partial charge in [-0.2, -0.15) is 0 Å². The lowest BCUT2D eigenvalue weighted by molar-refractivity contribution is 0.00578. The minimum absolute atomic E-state index is 0.308. The second-order valence-electron chi connectivity index (χ2n) is 6.43. The predicted octanol–water partition coefficient (Wildman–Crippen LogP) is 1.63. The monoisotopic (exact) mass is 285 g/mol. The largest absolute Gasteiger partial charge is 0.494 e. The molecule has 21 heavy (non-hydrogen) atoms. The van der Waals surface area contributed by atoms with Crippen molar-refractivity contribution in [3.05, 3.63) is 42.2 Å². The van der Waals surface area contributed by atoms with E-state index in [9.17, 15) is 0 Å². The Morgan fingerprint density at radius 3 is 2.19 bits per heavy atom. The normalized spacial score (nSPS) is 19.9. The van der Waals surface area contributed by atoms with Crippen LogP contribution < -0.4 is 5.46 Å². The first-order valence-electron chi connectivity index (χ1n) is 7.16. The number of hydrogen-bond donors (Lipinski definition) is 0. The highest BCUT2D eigenvalue weighted by molar-refractivity contribution is 6.62. The molecule has 1 aromatic heterocycles. The molecule has 0 N–H and O–H groups in total. The van der Waals surface area contributed by atoms with Gasteiger partial charge in [-0.3, -0.25) is 0 Å². The van der Waals surface area contributed by atoms with Crippen LogP contribution in [0.15, 0.2) is 36.7 Å². The van der Waals surface area contributed by atoms with Crippen LogP contribution in [0.1, 0.15) is 33.3 Å². The zero-order chi connectivity index (χ0) is 15.1. The molecule has 3 rings (SSSR count). The average molecular weight is 285 g/mol. The fraction of sp³-hybridized carbons (Fsp3) is 0.467. The maximum Gasteiger partial charge on any atom is 0.494 e. The highest BCUT2D eigenvalue weighted by Crippen LogP contribution is 2.36. The third-order valence-electron chi connectivity index (χ3n) is 4.32. The molecule has 5 nitrogen and oxygen atoms in total. The lowest BCUT2D eigenvalue weighted by Crippen LogP contribution is -2.41. The van der Waals surface area contributed by atoms with Crippen LogP contribution in [0.25, 0.3) is 0 Å². The van der Waals surface area contributed by atoms with E-state index in [1.54, 1.807) is 10.9 Å². The van der Waals surface area contributed by atoms with Crippen LogP contribution in [-0.4, -0.2) is 33.3 Å². The van der Waals surface area contributed by atoms with Gasteiger partial charge in [0.05, 0.1) is 23.9 Å². The molecule has 1 aliphatic rings. The summed E-state index contributed by atoms with van der Waals surface area (Å²) in [6.07, 6.45) is 3.53. The fourth-order valence-electron chi connectivity index (χ4n) is 2.26. The molecule has 0 unspecified atom stereocenters. The van der Waals surface area contributed by atoms with E-state index in [0.717, 1.165) is 5.46 Å². The van der Waals surface area contributed by atoms with Crippen LogP contribution in [0.4, 0.5) is 0 Å². The lowest BCUT2D eigenvalue weighted by Gasteiger charge is -2.32. The van der Waals surface area contributed by atoms with Gasteiger partial charge in [-0.1, -0.05) is 29.5 Å². The van der Waals surface area contributed by atoms with E-state index in [2.05, 4.69) is 62.3 Å². The summed E-state index contributed by atoms with van der Waals surface area (Å²) in [5, 5.41) is 7.77. The van der Waals surface area contributed by atoms with Gasteiger partial charge in [0, 0.05) is 6.20 Å². The molecule has 1 aliphatic heterocycles. The number of hydrogen-bond acceptors (Lipinski definition) is 4. The van der Waals surface area contributed by atoms with E-state index < -0.39 is 0 Å². The predicted molar refractivity (Wildman–Crippen MR) is 81.3 cm³/mol. The lowest BCUT2D eigenvalue weighted by atomic mass is 9.79. The molecule has 1 aromatic carbocycles. The van der Waals surface area contributed by atoms with Crippen molar-refractivity contribution in [2.45, 2.75) is 45.4 Å². The summed E-state index contributed by atoms with van der Waals surface area (Å²) in [4.78, 5) is 0.